The maximum absolute atomic E-state index is 12.8. The van der Waals surface area contributed by atoms with Crippen LogP contribution in [0, 0.1) is 0 Å². The molecule has 3 heterocycles. The molecular weight excluding hydrogens is 410 g/mol. The van der Waals surface area contributed by atoms with Crippen LogP contribution in [0.15, 0.2) is 47.3 Å². The first-order chi connectivity index (χ1) is 13.9. The number of rotatable bonds is 5. The number of esters is 1. The molecule has 9 heteroatoms. The van der Waals surface area contributed by atoms with Crippen LogP contribution in [0.5, 0.6) is 0 Å². The first-order valence-electron chi connectivity index (χ1n) is 8.68. The number of carbonyl (C=O) groups is 1. The summed E-state index contributed by atoms with van der Waals surface area (Å²) in [5.74, 6) is 0.0410. The number of anilines is 1. The Morgan fingerprint density at radius 1 is 1.24 bits per heavy atom. The van der Waals surface area contributed by atoms with Gasteiger partial charge < -0.3 is 15.5 Å². The molecule has 0 saturated carbocycles. The highest BCUT2D eigenvalue weighted by atomic mass is 32.2. The summed E-state index contributed by atoms with van der Waals surface area (Å²) in [6.07, 6.45) is 1.60. The minimum Gasteiger partial charge on any atom is -0.457 e. The molecule has 0 saturated heterocycles. The van der Waals surface area contributed by atoms with Crippen LogP contribution in [0.1, 0.15) is 20.8 Å². The quantitative estimate of drug-likeness (QED) is 0.473. The van der Waals surface area contributed by atoms with E-state index < -0.39 is 16.8 Å². The number of thiophene rings is 1. The second-order valence-corrected chi connectivity index (χ2v) is 8.98. The molecule has 148 valence electrons. The Bertz CT molecular complexity index is 1330. The summed E-state index contributed by atoms with van der Waals surface area (Å²) in [6, 6.07) is 12.3. The van der Waals surface area contributed by atoms with Gasteiger partial charge in [0.1, 0.15) is 22.9 Å². The Labute approximate surface area is 172 Å². The maximum atomic E-state index is 12.8. The predicted octanol–water partition coefficient (Wildman–Crippen LogP) is 2.96. The van der Waals surface area contributed by atoms with Crippen molar-refractivity contribution in [1.82, 2.24) is 9.97 Å². The number of aromatic nitrogens is 2. The molecule has 29 heavy (non-hydrogen) atoms. The van der Waals surface area contributed by atoms with Crippen molar-refractivity contribution in [2.24, 2.45) is 0 Å². The van der Waals surface area contributed by atoms with Gasteiger partial charge in [-0.25, -0.2) is 9.78 Å². The molecule has 1 atom stereocenters. The molecular formula is C20H17N3O4S2. The fourth-order valence-electron chi connectivity index (χ4n) is 3.16. The van der Waals surface area contributed by atoms with Crippen LogP contribution < -0.4 is 11.3 Å². The summed E-state index contributed by atoms with van der Waals surface area (Å²) in [4.78, 5) is 31.9. The lowest BCUT2D eigenvalue weighted by Gasteiger charge is -2.08. The van der Waals surface area contributed by atoms with Crippen molar-refractivity contribution in [3.05, 3.63) is 68.8 Å². The van der Waals surface area contributed by atoms with Gasteiger partial charge in [0.25, 0.3) is 0 Å². The van der Waals surface area contributed by atoms with Crippen LogP contribution in [0.4, 0.5) is 5.82 Å². The van der Waals surface area contributed by atoms with Gasteiger partial charge in [0.2, 0.25) is 5.56 Å². The topological polar surface area (TPSA) is 115 Å². The van der Waals surface area contributed by atoms with E-state index in [9.17, 15) is 13.8 Å². The molecule has 0 bridgehead atoms. The van der Waals surface area contributed by atoms with Crippen molar-refractivity contribution in [2.75, 3.05) is 12.0 Å². The molecule has 0 spiro atoms. The minimum atomic E-state index is -1.11. The number of nitrogens with one attached hydrogen (secondary N) is 1. The average Bonchev–Trinajstić information content (AvgIpc) is 3.03. The lowest BCUT2D eigenvalue weighted by molar-refractivity contribution is 0.0479. The van der Waals surface area contributed by atoms with E-state index in [-0.39, 0.29) is 23.7 Å². The zero-order valence-corrected chi connectivity index (χ0v) is 17.1. The SMILES string of the molecule is CS(=O)Cc1c(C(=O)OCc2cc(=O)[nH]c3nc(N)ccc23)sc2ccccc12. The molecule has 0 aliphatic carbocycles. The third kappa shape index (κ3) is 3.92. The summed E-state index contributed by atoms with van der Waals surface area (Å²) < 4.78 is 18.3. The number of nitrogens with zero attached hydrogens (tertiary/aromatic N) is 1. The second kappa shape index (κ2) is 7.76. The summed E-state index contributed by atoms with van der Waals surface area (Å²) in [6.45, 7) is -0.0895. The third-order valence-corrected chi connectivity index (χ3v) is 6.29. The highest BCUT2D eigenvalue weighted by Crippen LogP contribution is 2.33. The van der Waals surface area contributed by atoms with Crippen LogP contribution in [0.3, 0.4) is 0 Å². The van der Waals surface area contributed by atoms with Crippen LogP contribution >= 0.6 is 11.3 Å². The Balaban J connectivity index is 1.67. The van der Waals surface area contributed by atoms with E-state index >= 15 is 0 Å². The van der Waals surface area contributed by atoms with E-state index in [1.54, 1.807) is 18.4 Å². The van der Waals surface area contributed by atoms with E-state index in [4.69, 9.17) is 10.5 Å². The number of H-pyrrole nitrogens is 1. The number of fused-ring (bicyclic) bond motifs is 2. The van der Waals surface area contributed by atoms with Gasteiger partial charge >= 0.3 is 5.97 Å². The van der Waals surface area contributed by atoms with Crippen LogP contribution in [-0.4, -0.2) is 26.4 Å². The first kappa shape index (κ1) is 19.3. The third-order valence-electron chi connectivity index (χ3n) is 4.40. The standard InChI is InChI=1S/C20H17N3O4S2/c1-29(26)10-14-13-4-2-3-5-15(13)28-18(14)20(25)27-9-11-8-17(24)23-19-12(11)6-7-16(21)22-19/h2-8H,9-10H2,1H3,(H3,21,22,23,24). The van der Waals surface area contributed by atoms with Crippen LogP contribution in [-0.2, 0) is 27.9 Å². The zero-order valence-electron chi connectivity index (χ0n) is 15.4. The maximum Gasteiger partial charge on any atom is 0.348 e. The van der Waals surface area contributed by atoms with E-state index in [0.717, 1.165) is 15.6 Å². The molecule has 1 aromatic carbocycles. The highest BCUT2D eigenvalue weighted by Gasteiger charge is 2.21. The molecule has 4 rings (SSSR count). The number of benzene rings is 1. The van der Waals surface area contributed by atoms with Crippen LogP contribution in [0.25, 0.3) is 21.1 Å². The van der Waals surface area contributed by atoms with Crippen molar-refractivity contribution in [3.8, 4) is 0 Å². The smallest absolute Gasteiger partial charge is 0.348 e. The molecule has 3 N–H and O–H groups in total. The number of nitrogens with two attached hydrogens (primary N) is 1. The van der Waals surface area contributed by atoms with Gasteiger partial charge in [-0.05, 0) is 29.1 Å². The Morgan fingerprint density at radius 2 is 2.03 bits per heavy atom. The van der Waals surface area contributed by atoms with Crippen LogP contribution in [0.2, 0.25) is 0 Å². The number of hydrogen-bond acceptors (Lipinski definition) is 7. The normalized spacial score (nSPS) is 12.3. The summed E-state index contributed by atoms with van der Waals surface area (Å²) in [5.41, 5.74) is 6.92. The number of nitrogen functional groups attached to an aromatic ring is 1. The zero-order chi connectivity index (χ0) is 20.5. The molecule has 0 amide bonds. The van der Waals surface area contributed by atoms with Gasteiger partial charge in [0.15, 0.2) is 0 Å². The van der Waals surface area contributed by atoms with Gasteiger partial charge in [-0.2, -0.15) is 0 Å². The fourth-order valence-corrected chi connectivity index (χ4v) is 5.07. The Kier molecular flexibility index (Phi) is 5.16. The van der Waals surface area contributed by atoms with Crippen molar-refractivity contribution in [2.45, 2.75) is 12.4 Å². The van der Waals surface area contributed by atoms with Crippen molar-refractivity contribution >= 4 is 55.0 Å². The monoisotopic (exact) mass is 427 g/mol. The molecule has 1 unspecified atom stereocenters. The number of carbonyl (C=O) groups excluding carboxylic acids is 1. The lowest BCUT2D eigenvalue weighted by atomic mass is 10.1. The number of hydrogen-bond donors (Lipinski definition) is 2. The van der Waals surface area contributed by atoms with E-state index in [1.165, 1.54) is 17.4 Å². The lowest BCUT2D eigenvalue weighted by Crippen LogP contribution is -2.11. The van der Waals surface area contributed by atoms with E-state index in [1.807, 2.05) is 24.3 Å². The van der Waals surface area contributed by atoms with E-state index in [2.05, 4.69) is 9.97 Å². The molecule has 3 aromatic heterocycles. The van der Waals surface area contributed by atoms with Gasteiger partial charge in [-0.3, -0.25) is 9.00 Å². The van der Waals surface area contributed by atoms with Gasteiger partial charge in [-0.1, -0.05) is 18.2 Å². The molecule has 0 radical (unpaired) electrons. The minimum absolute atomic E-state index is 0.0895. The van der Waals surface area contributed by atoms with E-state index in [0.29, 0.717) is 21.5 Å². The number of pyridine rings is 2. The molecule has 0 fully saturated rings. The average molecular weight is 428 g/mol. The highest BCUT2D eigenvalue weighted by molar-refractivity contribution is 7.83. The van der Waals surface area contributed by atoms with Gasteiger partial charge in [-0.15, -0.1) is 11.3 Å². The van der Waals surface area contributed by atoms with Gasteiger partial charge in [0, 0.05) is 38.8 Å². The molecule has 0 aliphatic heterocycles. The van der Waals surface area contributed by atoms with Gasteiger partial charge in [0.05, 0.1) is 5.75 Å². The van der Waals surface area contributed by atoms with Crippen molar-refractivity contribution < 1.29 is 13.7 Å². The van der Waals surface area contributed by atoms with Crippen molar-refractivity contribution in [1.29, 1.82) is 0 Å². The summed E-state index contributed by atoms with van der Waals surface area (Å²) in [5, 5.41) is 1.55. The largest absolute Gasteiger partial charge is 0.457 e. The number of aromatic amines is 1. The number of ether oxygens (including phenoxy) is 1. The first-order valence-corrected chi connectivity index (χ1v) is 11.2. The Hall–Kier alpha value is -3.04. The second-order valence-electron chi connectivity index (χ2n) is 6.49. The predicted molar refractivity (Wildman–Crippen MR) is 115 cm³/mol. The molecule has 4 aromatic rings. The molecule has 7 nitrogen and oxygen atoms in total. The summed E-state index contributed by atoms with van der Waals surface area (Å²) in [7, 11) is -1.11. The summed E-state index contributed by atoms with van der Waals surface area (Å²) >= 11 is 1.31. The Morgan fingerprint density at radius 3 is 2.83 bits per heavy atom. The fraction of sp³-hybridized carbons (Fsp3) is 0.150. The molecule has 0 aliphatic rings. The van der Waals surface area contributed by atoms with Crippen molar-refractivity contribution in [3.63, 3.8) is 0 Å².